The highest BCUT2D eigenvalue weighted by Crippen LogP contribution is 2.30. The monoisotopic (exact) mass is 178 g/mol. The summed E-state index contributed by atoms with van der Waals surface area (Å²) >= 11 is 0. The Morgan fingerprint density at radius 3 is 3.00 bits per heavy atom. The van der Waals surface area contributed by atoms with Gasteiger partial charge < -0.3 is 9.67 Å². The van der Waals surface area contributed by atoms with E-state index in [0.29, 0.717) is 0 Å². The summed E-state index contributed by atoms with van der Waals surface area (Å²) in [6, 6.07) is 0. The lowest BCUT2D eigenvalue weighted by Gasteiger charge is -2.26. The number of aliphatic hydroxyl groups is 1. The predicted molar refractivity (Wildman–Crippen MR) is 50.1 cm³/mol. The van der Waals surface area contributed by atoms with Crippen LogP contribution in [-0.4, -0.2) is 14.7 Å². The van der Waals surface area contributed by atoms with E-state index in [1.54, 1.807) is 6.20 Å². The van der Waals surface area contributed by atoms with Gasteiger partial charge in [-0.25, -0.2) is 4.98 Å². The maximum atomic E-state index is 10.2. The van der Waals surface area contributed by atoms with Crippen molar-refractivity contribution >= 4 is 0 Å². The standard InChI is InChI=1S/C10H14N2O/c1-12-8-7-11-9(12)10(13)5-3-2-4-6-10/h3,5,7-8,13H,2,4,6H2,1H3. The molecule has 0 saturated carbocycles. The van der Waals surface area contributed by atoms with E-state index in [2.05, 4.69) is 4.98 Å². The van der Waals surface area contributed by atoms with Gasteiger partial charge in [0.1, 0.15) is 11.4 Å². The van der Waals surface area contributed by atoms with Gasteiger partial charge in [0.2, 0.25) is 0 Å². The van der Waals surface area contributed by atoms with Crippen molar-refractivity contribution in [1.29, 1.82) is 0 Å². The van der Waals surface area contributed by atoms with Crippen molar-refractivity contribution in [3.8, 4) is 0 Å². The molecule has 1 unspecified atom stereocenters. The van der Waals surface area contributed by atoms with Gasteiger partial charge >= 0.3 is 0 Å². The van der Waals surface area contributed by atoms with Crippen molar-refractivity contribution in [3.05, 3.63) is 30.4 Å². The topological polar surface area (TPSA) is 38.0 Å². The lowest BCUT2D eigenvalue weighted by Crippen LogP contribution is -2.28. The normalized spacial score (nSPS) is 27.8. The SMILES string of the molecule is Cn1ccnc1C1(O)C=CCCC1. The van der Waals surface area contributed by atoms with E-state index in [9.17, 15) is 5.11 Å². The second-order valence-electron chi connectivity index (χ2n) is 3.58. The molecule has 1 aliphatic carbocycles. The fourth-order valence-corrected chi connectivity index (χ4v) is 1.82. The third-order valence-electron chi connectivity index (χ3n) is 2.53. The van der Waals surface area contributed by atoms with Gasteiger partial charge in [0, 0.05) is 19.4 Å². The third kappa shape index (κ3) is 1.40. The molecule has 13 heavy (non-hydrogen) atoms. The smallest absolute Gasteiger partial charge is 0.144 e. The fraction of sp³-hybridized carbons (Fsp3) is 0.500. The van der Waals surface area contributed by atoms with Crippen LogP contribution in [0.3, 0.4) is 0 Å². The summed E-state index contributed by atoms with van der Waals surface area (Å²) in [5.41, 5.74) is -0.837. The molecule has 3 heteroatoms. The zero-order valence-electron chi connectivity index (χ0n) is 7.77. The van der Waals surface area contributed by atoms with Gasteiger partial charge in [-0.15, -0.1) is 0 Å². The molecule has 0 aliphatic heterocycles. The van der Waals surface area contributed by atoms with Crippen LogP contribution in [0.2, 0.25) is 0 Å². The van der Waals surface area contributed by atoms with Gasteiger partial charge in [0.05, 0.1) is 0 Å². The summed E-state index contributed by atoms with van der Waals surface area (Å²) in [6.45, 7) is 0. The molecule has 1 aliphatic rings. The predicted octanol–water partition coefficient (Wildman–Crippen LogP) is 1.35. The highest BCUT2D eigenvalue weighted by atomic mass is 16.3. The van der Waals surface area contributed by atoms with Crippen LogP contribution >= 0.6 is 0 Å². The lowest BCUT2D eigenvalue weighted by atomic mass is 9.90. The quantitative estimate of drug-likeness (QED) is 0.659. The first kappa shape index (κ1) is 8.51. The molecule has 1 heterocycles. The van der Waals surface area contributed by atoms with Gasteiger partial charge in [-0.2, -0.15) is 0 Å². The van der Waals surface area contributed by atoms with E-state index >= 15 is 0 Å². The first-order valence-corrected chi connectivity index (χ1v) is 4.60. The first-order valence-electron chi connectivity index (χ1n) is 4.60. The molecule has 1 N–H and O–H groups in total. The Kier molecular flexibility index (Phi) is 1.96. The molecule has 1 aromatic heterocycles. The minimum absolute atomic E-state index is 0.739. The maximum Gasteiger partial charge on any atom is 0.144 e. The molecule has 2 rings (SSSR count). The minimum Gasteiger partial charge on any atom is -0.378 e. The van der Waals surface area contributed by atoms with E-state index in [-0.39, 0.29) is 0 Å². The van der Waals surface area contributed by atoms with Gasteiger partial charge in [-0.3, -0.25) is 0 Å². The summed E-state index contributed by atoms with van der Waals surface area (Å²) in [5.74, 6) is 0.739. The molecular formula is C10H14N2O. The van der Waals surface area contributed by atoms with Crippen LogP contribution in [0.25, 0.3) is 0 Å². The Labute approximate surface area is 77.7 Å². The molecular weight excluding hydrogens is 164 g/mol. The fourth-order valence-electron chi connectivity index (χ4n) is 1.82. The summed E-state index contributed by atoms with van der Waals surface area (Å²) in [6.07, 6.45) is 10.3. The third-order valence-corrected chi connectivity index (χ3v) is 2.53. The van der Waals surface area contributed by atoms with Crippen molar-refractivity contribution in [2.75, 3.05) is 0 Å². The number of nitrogens with zero attached hydrogens (tertiary/aromatic N) is 2. The van der Waals surface area contributed by atoms with E-state index in [0.717, 1.165) is 25.1 Å². The molecule has 0 amide bonds. The van der Waals surface area contributed by atoms with Crippen molar-refractivity contribution in [3.63, 3.8) is 0 Å². The van der Waals surface area contributed by atoms with Crippen LogP contribution in [0.4, 0.5) is 0 Å². The highest BCUT2D eigenvalue weighted by molar-refractivity contribution is 5.16. The van der Waals surface area contributed by atoms with Crippen LogP contribution in [0, 0.1) is 0 Å². The van der Waals surface area contributed by atoms with Crippen LogP contribution in [0.15, 0.2) is 24.5 Å². The summed E-state index contributed by atoms with van der Waals surface area (Å²) in [7, 11) is 1.91. The van der Waals surface area contributed by atoms with E-state index in [4.69, 9.17) is 0 Å². The van der Waals surface area contributed by atoms with Crippen LogP contribution in [0.5, 0.6) is 0 Å². The average Bonchev–Trinajstić information content (AvgIpc) is 2.53. The number of hydrogen-bond donors (Lipinski definition) is 1. The van der Waals surface area contributed by atoms with Crippen LogP contribution in [0.1, 0.15) is 25.1 Å². The zero-order valence-corrected chi connectivity index (χ0v) is 7.77. The number of hydrogen-bond acceptors (Lipinski definition) is 2. The van der Waals surface area contributed by atoms with Crippen molar-refractivity contribution < 1.29 is 5.11 Å². The molecule has 3 nitrogen and oxygen atoms in total. The second-order valence-corrected chi connectivity index (χ2v) is 3.58. The number of rotatable bonds is 1. The van der Waals surface area contributed by atoms with Crippen LogP contribution in [-0.2, 0) is 12.6 Å². The molecule has 0 bridgehead atoms. The van der Waals surface area contributed by atoms with Crippen molar-refractivity contribution in [2.24, 2.45) is 7.05 Å². The molecule has 0 aromatic carbocycles. The molecule has 0 fully saturated rings. The molecule has 1 aromatic rings. The Hall–Kier alpha value is -1.09. The molecule has 0 spiro atoms. The Morgan fingerprint density at radius 1 is 1.62 bits per heavy atom. The Bertz CT molecular complexity index is 329. The second kappa shape index (κ2) is 3.00. The summed E-state index contributed by atoms with van der Waals surface area (Å²) < 4.78 is 1.87. The number of aryl methyl sites for hydroxylation is 1. The van der Waals surface area contributed by atoms with Gasteiger partial charge in [-0.1, -0.05) is 6.08 Å². The number of imidazole rings is 1. The van der Waals surface area contributed by atoms with Crippen molar-refractivity contribution in [1.82, 2.24) is 9.55 Å². The van der Waals surface area contributed by atoms with Crippen LogP contribution < -0.4 is 0 Å². The number of allylic oxidation sites excluding steroid dienone is 1. The van der Waals surface area contributed by atoms with E-state index in [1.807, 2.05) is 30.0 Å². The molecule has 1 atom stereocenters. The largest absolute Gasteiger partial charge is 0.378 e. The molecule has 0 saturated heterocycles. The van der Waals surface area contributed by atoms with Gasteiger partial charge in [-0.05, 0) is 25.3 Å². The van der Waals surface area contributed by atoms with Gasteiger partial charge in [0.15, 0.2) is 0 Å². The Balaban J connectivity index is 2.38. The van der Waals surface area contributed by atoms with Gasteiger partial charge in [0.25, 0.3) is 0 Å². The first-order chi connectivity index (χ1) is 6.22. The minimum atomic E-state index is -0.837. The van der Waals surface area contributed by atoms with E-state index < -0.39 is 5.60 Å². The molecule has 70 valence electrons. The lowest BCUT2D eigenvalue weighted by molar-refractivity contribution is 0.0605. The van der Waals surface area contributed by atoms with Crippen molar-refractivity contribution in [2.45, 2.75) is 24.9 Å². The Morgan fingerprint density at radius 2 is 2.46 bits per heavy atom. The average molecular weight is 178 g/mol. The molecule has 0 radical (unpaired) electrons. The summed E-state index contributed by atoms with van der Waals surface area (Å²) in [4.78, 5) is 4.17. The summed E-state index contributed by atoms with van der Waals surface area (Å²) in [5, 5.41) is 10.2. The zero-order chi connectivity index (χ0) is 9.31. The number of aromatic nitrogens is 2. The van der Waals surface area contributed by atoms with E-state index in [1.165, 1.54) is 0 Å². The maximum absolute atomic E-state index is 10.2. The highest BCUT2D eigenvalue weighted by Gasteiger charge is 2.31.